The molecule has 0 aromatic heterocycles. The van der Waals surface area contributed by atoms with Crippen LogP contribution in [-0.4, -0.2) is 152 Å². The summed E-state index contributed by atoms with van der Waals surface area (Å²) in [7, 11) is 1.35. The molecule has 15 atom stereocenters. The Kier molecular flexibility index (Phi) is 9.42. The van der Waals surface area contributed by atoms with E-state index >= 15 is 0 Å². The summed E-state index contributed by atoms with van der Waals surface area (Å²) in [6, 6.07) is 0. The van der Waals surface area contributed by atoms with E-state index in [0.717, 1.165) is 0 Å². The molecule has 3 heterocycles. The molecule has 0 aromatic carbocycles. The van der Waals surface area contributed by atoms with Gasteiger partial charge in [0, 0.05) is 7.11 Å². The molecule has 3 aliphatic rings. The number of carboxylic acid groups (broad SMARTS) is 1. The highest BCUT2D eigenvalue weighted by Crippen LogP contribution is 2.31. The third kappa shape index (κ3) is 5.77. The van der Waals surface area contributed by atoms with Crippen molar-refractivity contribution in [2.24, 2.45) is 0 Å². The van der Waals surface area contributed by atoms with E-state index in [1.807, 2.05) is 0 Å². The maximum Gasteiger partial charge on any atom is 0.335 e. The fourth-order valence-electron chi connectivity index (χ4n) is 4.39. The molecule has 35 heavy (non-hydrogen) atoms. The molecule has 3 rings (SSSR count). The quantitative estimate of drug-likeness (QED) is 0.159. The number of carbonyl (C=O) groups is 1. The number of aliphatic hydroxyl groups excluding tert-OH is 7. The number of aliphatic hydroxyl groups is 7. The Labute approximate surface area is 200 Å². The van der Waals surface area contributed by atoms with Crippen LogP contribution in [0.2, 0.25) is 0 Å². The second-order valence-electron chi connectivity index (χ2n) is 8.92. The monoisotopic (exact) mass is 514 g/mol. The molecular weight excluding hydrogens is 480 g/mol. The van der Waals surface area contributed by atoms with Gasteiger partial charge in [0.25, 0.3) is 0 Å². The molecule has 0 spiro atoms. The highest BCUT2D eigenvalue weighted by atomic mass is 16.7. The van der Waals surface area contributed by atoms with Crippen molar-refractivity contribution in [3.05, 3.63) is 0 Å². The molecule has 204 valence electrons. The van der Waals surface area contributed by atoms with Crippen LogP contribution >= 0.6 is 0 Å². The lowest BCUT2D eigenvalue weighted by atomic mass is 9.95. The first-order chi connectivity index (χ1) is 16.4. The number of hydrogen-bond donors (Lipinski definition) is 8. The lowest BCUT2D eigenvalue weighted by Gasteiger charge is -2.46. The molecule has 15 nitrogen and oxygen atoms in total. The van der Waals surface area contributed by atoms with Gasteiger partial charge in [0.2, 0.25) is 0 Å². The lowest BCUT2D eigenvalue weighted by Crippen LogP contribution is -2.64. The summed E-state index contributed by atoms with van der Waals surface area (Å²) >= 11 is 0. The van der Waals surface area contributed by atoms with Crippen molar-refractivity contribution < 1.29 is 74.1 Å². The zero-order valence-electron chi connectivity index (χ0n) is 19.3. The maximum absolute atomic E-state index is 11.2. The summed E-state index contributed by atoms with van der Waals surface area (Å²) < 4.78 is 32.6. The first-order valence-corrected chi connectivity index (χ1v) is 11.1. The van der Waals surface area contributed by atoms with Gasteiger partial charge in [-0.3, -0.25) is 0 Å². The van der Waals surface area contributed by atoms with Gasteiger partial charge in [0.15, 0.2) is 18.7 Å². The van der Waals surface area contributed by atoms with Crippen LogP contribution in [-0.2, 0) is 33.2 Å². The molecule has 0 aromatic rings. The zero-order valence-corrected chi connectivity index (χ0v) is 19.3. The second kappa shape index (κ2) is 11.6. The summed E-state index contributed by atoms with van der Waals surface area (Å²) in [5.74, 6) is -1.61. The van der Waals surface area contributed by atoms with E-state index in [1.165, 1.54) is 7.11 Å². The molecule has 3 saturated heterocycles. The molecule has 9 unspecified atom stereocenters. The predicted molar refractivity (Wildman–Crippen MR) is 109 cm³/mol. The average molecular weight is 514 g/mol. The van der Waals surface area contributed by atoms with Crippen molar-refractivity contribution in [1.82, 2.24) is 0 Å². The van der Waals surface area contributed by atoms with Crippen molar-refractivity contribution in [2.45, 2.75) is 106 Å². The highest BCUT2D eigenvalue weighted by Gasteiger charge is 2.51. The van der Waals surface area contributed by atoms with E-state index in [1.54, 1.807) is 13.8 Å². The third-order valence-corrected chi connectivity index (χ3v) is 6.50. The Morgan fingerprint density at radius 1 is 0.714 bits per heavy atom. The van der Waals surface area contributed by atoms with Crippen LogP contribution in [0.3, 0.4) is 0 Å². The van der Waals surface area contributed by atoms with Gasteiger partial charge in [-0.05, 0) is 13.8 Å². The van der Waals surface area contributed by atoms with E-state index in [-0.39, 0.29) is 0 Å². The summed E-state index contributed by atoms with van der Waals surface area (Å²) in [6.07, 6.45) is -21.4. The van der Waals surface area contributed by atoms with Crippen LogP contribution in [0.25, 0.3) is 0 Å². The first-order valence-electron chi connectivity index (χ1n) is 11.1. The van der Waals surface area contributed by atoms with Gasteiger partial charge >= 0.3 is 5.97 Å². The lowest BCUT2D eigenvalue weighted by molar-refractivity contribution is -0.350. The Morgan fingerprint density at radius 2 is 1.31 bits per heavy atom. The molecule has 8 N–H and O–H groups in total. The molecule has 0 saturated carbocycles. The highest BCUT2D eigenvalue weighted by molar-refractivity contribution is 5.73. The van der Waals surface area contributed by atoms with E-state index in [9.17, 15) is 40.5 Å². The number of ether oxygens (including phenoxy) is 6. The van der Waals surface area contributed by atoms with E-state index < -0.39 is 105 Å². The van der Waals surface area contributed by atoms with E-state index in [2.05, 4.69) is 0 Å². The number of carboxylic acids is 1. The van der Waals surface area contributed by atoms with Crippen LogP contribution in [0.15, 0.2) is 0 Å². The second-order valence-corrected chi connectivity index (χ2v) is 8.92. The molecule has 15 heteroatoms. The predicted octanol–water partition coefficient (Wildman–Crippen LogP) is -4.73. The number of aliphatic carboxylic acids is 1. The third-order valence-electron chi connectivity index (χ3n) is 6.50. The molecule has 3 fully saturated rings. The van der Waals surface area contributed by atoms with Gasteiger partial charge in [-0.2, -0.15) is 0 Å². The van der Waals surface area contributed by atoms with Crippen LogP contribution in [0.5, 0.6) is 0 Å². The number of rotatable bonds is 7. The Hall–Kier alpha value is -1.05. The Morgan fingerprint density at radius 3 is 1.91 bits per heavy atom. The van der Waals surface area contributed by atoms with Crippen LogP contribution in [0, 0.1) is 0 Å². The minimum atomic E-state index is -1.92. The van der Waals surface area contributed by atoms with Gasteiger partial charge in [0.05, 0.1) is 18.8 Å². The normalized spacial score (nSPS) is 51.2. The van der Waals surface area contributed by atoms with Gasteiger partial charge < -0.3 is 69.3 Å². The summed E-state index contributed by atoms with van der Waals surface area (Å²) in [6.45, 7) is 2.70. The zero-order chi connectivity index (χ0) is 26.2. The Balaban J connectivity index is 1.68. The van der Waals surface area contributed by atoms with Crippen molar-refractivity contribution in [3.8, 4) is 0 Å². The van der Waals surface area contributed by atoms with Gasteiger partial charge in [-0.1, -0.05) is 0 Å². The summed E-state index contributed by atoms with van der Waals surface area (Å²) in [5.41, 5.74) is 0. The molecule has 0 bridgehead atoms. The number of hydrogen-bond acceptors (Lipinski definition) is 14. The molecular formula is C20H34O15. The summed E-state index contributed by atoms with van der Waals surface area (Å²) in [4.78, 5) is 11.2. The summed E-state index contributed by atoms with van der Waals surface area (Å²) in [5, 5.41) is 80.3. The van der Waals surface area contributed by atoms with Gasteiger partial charge in [-0.15, -0.1) is 0 Å². The molecule has 3 aliphatic heterocycles. The van der Waals surface area contributed by atoms with Crippen LogP contribution in [0.4, 0.5) is 0 Å². The van der Waals surface area contributed by atoms with Crippen molar-refractivity contribution in [2.75, 3.05) is 13.7 Å². The largest absolute Gasteiger partial charge is 0.479 e. The van der Waals surface area contributed by atoms with E-state index in [4.69, 9.17) is 33.5 Å². The average Bonchev–Trinajstić information content (AvgIpc) is 2.81. The molecule has 0 aliphatic carbocycles. The maximum atomic E-state index is 11.2. The standard InChI is InChI=1S/C20H34O15/c1-5-8(21)16(30-3)15(6(2)32-5)34-20-14(27)10(23)9(22)7(33-20)4-31-19-13(26)11(24)12(25)17(35-19)18(28)29/h5-17,19-27H,4H2,1-3H3,(H,28,29)/t5?,6?,7-,8+,9-,10?,11?,12+,13?,14?,15?,16?,17?,19+,20-/m1/s1. The SMILES string of the molecule is COC1C(O[C@H]2O[C@H](CO[C@H]3OC(C(=O)O)[C@@H](O)C(O)C3O)[C@@H](O)C(O)C2O)C(C)OC(C)[C@@H]1O. The van der Waals surface area contributed by atoms with Gasteiger partial charge in [0.1, 0.15) is 61.0 Å². The first kappa shape index (κ1) is 28.5. The molecule has 0 radical (unpaired) electrons. The number of methoxy groups -OCH3 is 1. The van der Waals surface area contributed by atoms with Crippen molar-refractivity contribution >= 4 is 5.97 Å². The smallest absolute Gasteiger partial charge is 0.335 e. The fourth-order valence-corrected chi connectivity index (χ4v) is 4.39. The van der Waals surface area contributed by atoms with Crippen molar-refractivity contribution in [3.63, 3.8) is 0 Å². The van der Waals surface area contributed by atoms with Gasteiger partial charge in [-0.25, -0.2) is 4.79 Å². The fraction of sp³-hybridized carbons (Fsp3) is 0.950. The van der Waals surface area contributed by atoms with Crippen LogP contribution < -0.4 is 0 Å². The minimum absolute atomic E-state index is 0.564. The minimum Gasteiger partial charge on any atom is -0.479 e. The molecule has 0 amide bonds. The van der Waals surface area contributed by atoms with Crippen molar-refractivity contribution in [1.29, 1.82) is 0 Å². The topological polar surface area (TPSA) is 234 Å². The van der Waals surface area contributed by atoms with E-state index in [0.29, 0.717) is 0 Å². The Bertz CT molecular complexity index is 710. The van der Waals surface area contributed by atoms with Crippen LogP contribution in [0.1, 0.15) is 13.8 Å².